The molecule has 0 aliphatic heterocycles. The van der Waals surface area contributed by atoms with Crippen LogP contribution in [0.2, 0.25) is 0 Å². The molecule has 3 nitrogen and oxygen atoms in total. The fraction of sp³-hybridized carbons (Fsp3) is 0.533. The van der Waals surface area contributed by atoms with Crippen molar-refractivity contribution in [3.05, 3.63) is 29.8 Å². The van der Waals surface area contributed by atoms with E-state index in [9.17, 15) is 4.79 Å². The Hall–Kier alpha value is -1.22. The predicted octanol–water partition coefficient (Wildman–Crippen LogP) is 3.13. The molecule has 0 aliphatic carbocycles. The van der Waals surface area contributed by atoms with E-state index in [1.807, 2.05) is 29.2 Å². The van der Waals surface area contributed by atoms with E-state index in [2.05, 4.69) is 27.7 Å². The monoisotopic (exact) mass is 284 g/mol. The van der Waals surface area contributed by atoms with Crippen molar-refractivity contribution < 1.29 is 4.79 Å². The van der Waals surface area contributed by atoms with Crippen molar-refractivity contribution in [1.82, 2.24) is 4.90 Å². The molecule has 1 amide bonds. The van der Waals surface area contributed by atoms with E-state index >= 15 is 0 Å². The quantitative estimate of drug-likeness (QED) is 0.845. The Kier molecular flexibility index (Phi) is 7.53. The summed E-state index contributed by atoms with van der Waals surface area (Å²) in [5.74, 6) is 0.672. The fourth-order valence-electron chi connectivity index (χ4n) is 1.91. The van der Waals surface area contributed by atoms with Crippen molar-refractivity contribution >= 4 is 24.0 Å². The zero-order valence-electron chi connectivity index (χ0n) is 12.2. The SMILES string of the molecule is CC(C)CN(C(=O)Cc1ccc(N)cc1)C(C)C.Cl. The van der Waals surface area contributed by atoms with Gasteiger partial charge in [-0.2, -0.15) is 0 Å². The average molecular weight is 285 g/mol. The van der Waals surface area contributed by atoms with Crippen LogP contribution in [0.5, 0.6) is 0 Å². The second-order valence-electron chi connectivity index (χ2n) is 5.45. The first kappa shape index (κ1) is 17.8. The lowest BCUT2D eigenvalue weighted by atomic mass is 10.1. The number of amides is 1. The van der Waals surface area contributed by atoms with Crippen LogP contribution in [-0.2, 0) is 11.2 Å². The Morgan fingerprint density at radius 1 is 1.16 bits per heavy atom. The molecule has 1 aromatic rings. The van der Waals surface area contributed by atoms with Gasteiger partial charge in [0.15, 0.2) is 0 Å². The van der Waals surface area contributed by atoms with E-state index in [1.165, 1.54) is 0 Å². The van der Waals surface area contributed by atoms with Gasteiger partial charge in [0.1, 0.15) is 0 Å². The van der Waals surface area contributed by atoms with Crippen LogP contribution in [0.25, 0.3) is 0 Å². The van der Waals surface area contributed by atoms with Gasteiger partial charge in [-0.15, -0.1) is 12.4 Å². The van der Waals surface area contributed by atoms with Crippen LogP contribution in [0.3, 0.4) is 0 Å². The Labute approximate surface area is 122 Å². The van der Waals surface area contributed by atoms with Crippen molar-refractivity contribution in [2.24, 2.45) is 5.92 Å². The number of hydrogen-bond donors (Lipinski definition) is 1. The summed E-state index contributed by atoms with van der Waals surface area (Å²) in [7, 11) is 0. The van der Waals surface area contributed by atoms with Crippen molar-refractivity contribution in [3.63, 3.8) is 0 Å². The molecular formula is C15H25ClN2O. The Morgan fingerprint density at radius 2 is 1.68 bits per heavy atom. The number of nitrogens with two attached hydrogens (primary N) is 1. The predicted molar refractivity (Wildman–Crippen MR) is 83.5 cm³/mol. The Bertz CT molecular complexity index is 388. The second-order valence-corrected chi connectivity index (χ2v) is 5.45. The van der Waals surface area contributed by atoms with Gasteiger partial charge in [-0.1, -0.05) is 26.0 Å². The number of hydrogen-bond acceptors (Lipinski definition) is 2. The van der Waals surface area contributed by atoms with Crippen LogP contribution in [0, 0.1) is 5.92 Å². The highest BCUT2D eigenvalue weighted by Crippen LogP contribution is 2.11. The Morgan fingerprint density at radius 3 is 2.11 bits per heavy atom. The third kappa shape index (κ3) is 5.97. The van der Waals surface area contributed by atoms with Gasteiger partial charge >= 0.3 is 0 Å². The molecule has 0 unspecified atom stereocenters. The molecule has 0 atom stereocenters. The van der Waals surface area contributed by atoms with Gasteiger partial charge < -0.3 is 10.6 Å². The van der Waals surface area contributed by atoms with Gasteiger partial charge in [0.05, 0.1) is 6.42 Å². The topological polar surface area (TPSA) is 46.3 Å². The van der Waals surface area contributed by atoms with Crippen LogP contribution >= 0.6 is 12.4 Å². The lowest BCUT2D eigenvalue weighted by Gasteiger charge is -2.28. The molecule has 2 N–H and O–H groups in total. The normalized spacial score (nSPS) is 10.4. The number of carbonyl (C=O) groups is 1. The van der Waals surface area contributed by atoms with Crippen LogP contribution in [0.4, 0.5) is 5.69 Å². The van der Waals surface area contributed by atoms with Gasteiger partial charge in [0.2, 0.25) is 5.91 Å². The average Bonchev–Trinajstić information content (AvgIpc) is 2.28. The highest BCUT2D eigenvalue weighted by molar-refractivity contribution is 5.85. The number of nitrogens with zero attached hydrogens (tertiary/aromatic N) is 1. The van der Waals surface area contributed by atoms with Gasteiger partial charge in [0, 0.05) is 18.3 Å². The number of rotatable bonds is 5. The lowest BCUT2D eigenvalue weighted by Crippen LogP contribution is -2.40. The molecule has 0 radical (unpaired) electrons. The minimum atomic E-state index is 0. The summed E-state index contributed by atoms with van der Waals surface area (Å²) in [6, 6.07) is 7.76. The molecule has 0 aromatic heterocycles. The third-order valence-electron chi connectivity index (χ3n) is 2.84. The zero-order chi connectivity index (χ0) is 13.7. The molecule has 0 bridgehead atoms. The van der Waals surface area contributed by atoms with E-state index in [0.717, 1.165) is 17.8 Å². The maximum absolute atomic E-state index is 12.3. The molecule has 0 heterocycles. The first-order valence-electron chi connectivity index (χ1n) is 6.54. The summed E-state index contributed by atoms with van der Waals surface area (Å²) in [6.45, 7) is 9.19. The molecule has 0 saturated heterocycles. The van der Waals surface area contributed by atoms with E-state index < -0.39 is 0 Å². The number of nitrogen functional groups attached to an aromatic ring is 1. The van der Waals surface area contributed by atoms with Crippen LogP contribution < -0.4 is 5.73 Å². The maximum atomic E-state index is 12.3. The number of benzene rings is 1. The number of halogens is 1. The van der Waals surface area contributed by atoms with Crippen LogP contribution in [0.15, 0.2) is 24.3 Å². The smallest absolute Gasteiger partial charge is 0.227 e. The molecule has 0 saturated carbocycles. The van der Waals surface area contributed by atoms with Crippen molar-refractivity contribution in [2.75, 3.05) is 12.3 Å². The largest absolute Gasteiger partial charge is 0.399 e. The Balaban J connectivity index is 0.00000324. The summed E-state index contributed by atoms with van der Waals surface area (Å²) in [5.41, 5.74) is 7.38. The summed E-state index contributed by atoms with van der Waals surface area (Å²) < 4.78 is 0. The first-order valence-corrected chi connectivity index (χ1v) is 6.54. The van der Waals surface area contributed by atoms with Crippen molar-refractivity contribution in [2.45, 2.75) is 40.2 Å². The maximum Gasteiger partial charge on any atom is 0.227 e. The molecular weight excluding hydrogens is 260 g/mol. The van der Waals surface area contributed by atoms with Crippen molar-refractivity contribution in [1.29, 1.82) is 0 Å². The van der Waals surface area contributed by atoms with Crippen LogP contribution in [-0.4, -0.2) is 23.4 Å². The number of carbonyl (C=O) groups excluding carboxylic acids is 1. The number of anilines is 1. The van der Waals surface area contributed by atoms with Gasteiger partial charge in [-0.3, -0.25) is 4.79 Å². The second kappa shape index (κ2) is 8.05. The molecule has 108 valence electrons. The minimum Gasteiger partial charge on any atom is -0.399 e. The molecule has 0 fully saturated rings. The zero-order valence-corrected chi connectivity index (χ0v) is 13.0. The first-order chi connectivity index (χ1) is 8.40. The molecule has 1 aromatic carbocycles. The third-order valence-corrected chi connectivity index (χ3v) is 2.84. The molecule has 0 spiro atoms. The highest BCUT2D eigenvalue weighted by Gasteiger charge is 2.18. The minimum absolute atomic E-state index is 0. The summed E-state index contributed by atoms with van der Waals surface area (Å²) in [4.78, 5) is 14.2. The molecule has 1 rings (SSSR count). The van der Waals surface area contributed by atoms with Crippen molar-refractivity contribution in [3.8, 4) is 0 Å². The molecule has 0 aliphatic rings. The van der Waals surface area contributed by atoms with Gasteiger partial charge in [0.25, 0.3) is 0 Å². The highest BCUT2D eigenvalue weighted by atomic mass is 35.5. The van der Waals surface area contributed by atoms with E-state index in [0.29, 0.717) is 12.3 Å². The molecule has 4 heteroatoms. The van der Waals surface area contributed by atoms with E-state index in [4.69, 9.17) is 5.73 Å². The van der Waals surface area contributed by atoms with Crippen LogP contribution in [0.1, 0.15) is 33.3 Å². The summed E-state index contributed by atoms with van der Waals surface area (Å²) in [6.07, 6.45) is 0.450. The van der Waals surface area contributed by atoms with E-state index in [1.54, 1.807) is 0 Å². The lowest BCUT2D eigenvalue weighted by molar-refractivity contribution is -0.132. The van der Waals surface area contributed by atoms with Gasteiger partial charge in [-0.25, -0.2) is 0 Å². The standard InChI is InChI=1S/C15H24N2O.ClH/c1-11(2)10-17(12(3)4)15(18)9-13-5-7-14(16)8-6-13;/h5-8,11-12H,9-10,16H2,1-4H3;1H. The summed E-state index contributed by atoms with van der Waals surface area (Å²) >= 11 is 0. The van der Waals surface area contributed by atoms with E-state index in [-0.39, 0.29) is 24.4 Å². The summed E-state index contributed by atoms with van der Waals surface area (Å²) in [5, 5.41) is 0. The fourth-order valence-corrected chi connectivity index (χ4v) is 1.91. The molecule has 19 heavy (non-hydrogen) atoms. The van der Waals surface area contributed by atoms with Gasteiger partial charge in [-0.05, 0) is 37.5 Å².